The summed E-state index contributed by atoms with van der Waals surface area (Å²) in [7, 11) is 0. The van der Waals surface area contributed by atoms with Gasteiger partial charge in [0, 0.05) is 11.6 Å². The van der Waals surface area contributed by atoms with Crippen LogP contribution in [-0.2, 0) is 4.79 Å². The quantitative estimate of drug-likeness (QED) is 0.638. The number of benzene rings is 2. The van der Waals surface area contributed by atoms with E-state index in [1.165, 1.54) is 0 Å². The first kappa shape index (κ1) is 19.0. The number of thioether (sulfide) groups is 1. The summed E-state index contributed by atoms with van der Waals surface area (Å²) in [5, 5.41) is 9.86. The number of aromatic nitrogens is 2. The number of nitrogens with one attached hydrogen (secondary N) is 1. The number of aryl methyl sites for hydroxylation is 2. The number of carbonyl (C=O) groups is 1. The van der Waals surface area contributed by atoms with Crippen LogP contribution < -0.4 is 5.32 Å². The Hall–Kier alpha value is -2.74. The van der Waals surface area contributed by atoms with Crippen molar-refractivity contribution < 1.29 is 18.0 Å². The van der Waals surface area contributed by atoms with Crippen LogP contribution in [0, 0.1) is 25.5 Å². The van der Waals surface area contributed by atoms with Crippen LogP contribution in [0.2, 0.25) is 0 Å². The molecule has 3 rings (SSSR count). The van der Waals surface area contributed by atoms with E-state index in [1.807, 2.05) is 32.0 Å². The van der Waals surface area contributed by atoms with Crippen LogP contribution in [0.1, 0.15) is 18.1 Å². The number of nitrogens with zero attached hydrogens (tertiary/aromatic N) is 2. The molecule has 140 valence electrons. The van der Waals surface area contributed by atoms with Gasteiger partial charge in [-0.1, -0.05) is 17.8 Å². The van der Waals surface area contributed by atoms with Crippen LogP contribution in [0.3, 0.4) is 0 Å². The Bertz CT molecular complexity index is 991. The van der Waals surface area contributed by atoms with E-state index in [-0.39, 0.29) is 10.9 Å². The highest BCUT2D eigenvalue weighted by atomic mass is 32.2. The van der Waals surface area contributed by atoms with Gasteiger partial charge in [0.25, 0.3) is 5.22 Å². The molecule has 0 spiro atoms. The first-order valence-electron chi connectivity index (χ1n) is 8.17. The first-order valence-corrected chi connectivity index (χ1v) is 9.05. The van der Waals surface area contributed by atoms with Crippen molar-refractivity contribution in [1.82, 2.24) is 10.2 Å². The summed E-state index contributed by atoms with van der Waals surface area (Å²) < 4.78 is 32.5. The Labute approximate surface area is 159 Å². The second kappa shape index (κ2) is 7.87. The molecule has 0 aliphatic carbocycles. The number of rotatable bonds is 5. The van der Waals surface area contributed by atoms with Gasteiger partial charge >= 0.3 is 0 Å². The van der Waals surface area contributed by atoms with Crippen LogP contribution in [-0.4, -0.2) is 21.4 Å². The number of amides is 1. The molecule has 1 aromatic heterocycles. The van der Waals surface area contributed by atoms with Gasteiger partial charge in [0.2, 0.25) is 11.8 Å². The van der Waals surface area contributed by atoms with E-state index in [0.29, 0.717) is 5.89 Å². The van der Waals surface area contributed by atoms with Gasteiger partial charge in [-0.3, -0.25) is 4.79 Å². The lowest BCUT2D eigenvalue weighted by atomic mass is 10.1. The summed E-state index contributed by atoms with van der Waals surface area (Å²) >= 11 is 1.04. The zero-order chi connectivity index (χ0) is 19.6. The summed E-state index contributed by atoms with van der Waals surface area (Å²) in [5.74, 6) is -1.50. The van der Waals surface area contributed by atoms with Crippen molar-refractivity contribution in [2.45, 2.75) is 31.2 Å². The van der Waals surface area contributed by atoms with E-state index < -0.39 is 22.8 Å². The molecule has 3 aromatic rings. The number of halogens is 2. The number of hydrogen-bond acceptors (Lipinski definition) is 5. The lowest BCUT2D eigenvalue weighted by Crippen LogP contribution is -2.23. The number of anilines is 1. The van der Waals surface area contributed by atoms with E-state index in [1.54, 1.807) is 6.92 Å². The molecule has 0 bridgehead atoms. The monoisotopic (exact) mass is 389 g/mol. The zero-order valence-electron chi connectivity index (χ0n) is 14.9. The molecule has 0 fully saturated rings. The highest BCUT2D eigenvalue weighted by Crippen LogP contribution is 2.28. The second-order valence-corrected chi connectivity index (χ2v) is 7.34. The SMILES string of the molecule is Cc1ccc(-c2nnc(S[C@@H](C)C(=O)Nc3cc(F)ccc3F)o2)cc1C. The predicted molar refractivity (Wildman–Crippen MR) is 99.5 cm³/mol. The molecule has 27 heavy (non-hydrogen) atoms. The van der Waals surface area contributed by atoms with Gasteiger partial charge in [-0.05, 0) is 56.2 Å². The lowest BCUT2D eigenvalue weighted by molar-refractivity contribution is -0.115. The largest absolute Gasteiger partial charge is 0.411 e. The van der Waals surface area contributed by atoms with E-state index >= 15 is 0 Å². The fraction of sp³-hybridized carbons (Fsp3) is 0.211. The molecule has 1 atom stereocenters. The molecular weight excluding hydrogens is 372 g/mol. The van der Waals surface area contributed by atoms with Crippen LogP contribution in [0.15, 0.2) is 46.0 Å². The van der Waals surface area contributed by atoms with E-state index in [0.717, 1.165) is 46.7 Å². The Kier molecular flexibility index (Phi) is 5.55. The van der Waals surface area contributed by atoms with Gasteiger partial charge < -0.3 is 9.73 Å². The molecule has 0 radical (unpaired) electrons. The molecule has 2 aromatic carbocycles. The molecule has 1 N–H and O–H groups in total. The Morgan fingerprint density at radius 3 is 2.63 bits per heavy atom. The first-order chi connectivity index (χ1) is 12.8. The summed E-state index contributed by atoms with van der Waals surface area (Å²) in [4.78, 5) is 12.2. The number of carbonyl (C=O) groups excluding carboxylic acids is 1. The van der Waals surface area contributed by atoms with Crippen molar-refractivity contribution >= 4 is 23.4 Å². The lowest BCUT2D eigenvalue weighted by Gasteiger charge is -2.10. The van der Waals surface area contributed by atoms with Crippen LogP contribution in [0.5, 0.6) is 0 Å². The van der Waals surface area contributed by atoms with Crippen molar-refractivity contribution in [3.05, 3.63) is 59.2 Å². The normalized spacial score (nSPS) is 12.0. The van der Waals surface area contributed by atoms with Gasteiger partial charge in [-0.2, -0.15) is 0 Å². The maximum atomic E-state index is 13.6. The van der Waals surface area contributed by atoms with Crippen molar-refractivity contribution in [3.8, 4) is 11.5 Å². The van der Waals surface area contributed by atoms with Crippen LogP contribution in [0.25, 0.3) is 11.5 Å². The van der Waals surface area contributed by atoms with E-state index in [2.05, 4.69) is 15.5 Å². The summed E-state index contributed by atoms with van der Waals surface area (Å²) in [5.41, 5.74) is 2.83. The highest BCUT2D eigenvalue weighted by molar-refractivity contribution is 8.00. The third-order valence-electron chi connectivity index (χ3n) is 3.99. The Balaban J connectivity index is 1.68. The van der Waals surface area contributed by atoms with Gasteiger partial charge in [0.05, 0.1) is 10.9 Å². The molecule has 0 aliphatic heterocycles. The predicted octanol–water partition coefficient (Wildman–Crippen LogP) is 4.75. The van der Waals surface area contributed by atoms with Gasteiger partial charge in [-0.15, -0.1) is 10.2 Å². The van der Waals surface area contributed by atoms with E-state index in [9.17, 15) is 13.6 Å². The summed E-state index contributed by atoms with van der Waals surface area (Å²) in [6.45, 7) is 5.61. The fourth-order valence-corrected chi connectivity index (χ4v) is 2.96. The Morgan fingerprint density at radius 1 is 1.11 bits per heavy atom. The second-order valence-electron chi connectivity index (χ2n) is 6.05. The molecule has 1 amide bonds. The molecular formula is C19H17F2N3O2S. The molecule has 0 aliphatic rings. The Morgan fingerprint density at radius 2 is 1.89 bits per heavy atom. The minimum Gasteiger partial charge on any atom is -0.411 e. The molecule has 0 saturated carbocycles. The fourth-order valence-electron chi connectivity index (χ4n) is 2.28. The van der Waals surface area contributed by atoms with Crippen molar-refractivity contribution in [1.29, 1.82) is 0 Å². The minimum atomic E-state index is -0.711. The van der Waals surface area contributed by atoms with Gasteiger partial charge in [0.1, 0.15) is 11.6 Å². The van der Waals surface area contributed by atoms with Crippen molar-refractivity contribution in [2.75, 3.05) is 5.32 Å². The van der Waals surface area contributed by atoms with Crippen LogP contribution in [0.4, 0.5) is 14.5 Å². The molecule has 5 nitrogen and oxygen atoms in total. The number of hydrogen-bond donors (Lipinski definition) is 1. The van der Waals surface area contributed by atoms with Gasteiger partial charge in [0.15, 0.2) is 0 Å². The van der Waals surface area contributed by atoms with E-state index in [4.69, 9.17) is 4.42 Å². The standard InChI is InChI=1S/C19H17F2N3O2S/c1-10-4-5-13(8-11(10)2)18-23-24-19(26-18)27-12(3)17(25)22-16-9-14(20)6-7-15(16)21/h4-9,12H,1-3H3,(H,22,25)/t12-/m0/s1. The molecule has 1 heterocycles. The molecule has 0 unspecified atom stereocenters. The topological polar surface area (TPSA) is 68.0 Å². The average molecular weight is 389 g/mol. The molecule has 0 saturated heterocycles. The summed E-state index contributed by atoms with van der Waals surface area (Å²) in [6.07, 6.45) is 0. The average Bonchev–Trinajstić information content (AvgIpc) is 3.09. The van der Waals surface area contributed by atoms with Gasteiger partial charge in [-0.25, -0.2) is 8.78 Å². The third-order valence-corrected chi connectivity index (χ3v) is 4.93. The maximum absolute atomic E-state index is 13.6. The third kappa shape index (κ3) is 4.51. The summed E-state index contributed by atoms with van der Waals surface area (Å²) in [6, 6.07) is 8.65. The van der Waals surface area contributed by atoms with Crippen LogP contribution >= 0.6 is 11.8 Å². The molecule has 8 heteroatoms. The van der Waals surface area contributed by atoms with Crippen molar-refractivity contribution in [3.63, 3.8) is 0 Å². The maximum Gasteiger partial charge on any atom is 0.277 e. The smallest absolute Gasteiger partial charge is 0.277 e. The van der Waals surface area contributed by atoms with Crippen molar-refractivity contribution in [2.24, 2.45) is 0 Å². The minimum absolute atomic E-state index is 0.214. The zero-order valence-corrected chi connectivity index (χ0v) is 15.7. The highest BCUT2D eigenvalue weighted by Gasteiger charge is 2.20.